The van der Waals surface area contributed by atoms with E-state index < -0.39 is 5.82 Å². The lowest BCUT2D eigenvalue weighted by atomic mass is 10.1. The summed E-state index contributed by atoms with van der Waals surface area (Å²) < 4.78 is 14.2. The Morgan fingerprint density at radius 2 is 2.00 bits per heavy atom. The minimum absolute atomic E-state index is 0.00281. The molecule has 1 amide bonds. The summed E-state index contributed by atoms with van der Waals surface area (Å²) in [5.41, 5.74) is 1.28. The predicted octanol–water partition coefficient (Wildman–Crippen LogP) is 2.91. The zero-order chi connectivity index (χ0) is 16.1. The third-order valence-electron chi connectivity index (χ3n) is 3.15. The van der Waals surface area contributed by atoms with Crippen molar-refractivity contribution in [3.05, 3.63) is 57.9 Å². The highest BCUT2D eigenvalue weighted by molar-refractivity contribution is 9.10. The van der Waals surface area contributed by atoms with Gasteiger partial charge in [-0.05, 0) is 33.6 Å². The van der Waals surface area contributed by atoms with Crippen molar-refractivity contribution in [2.45, 2.75) is 13.0 Å². The summed E-state index contributed by atoms with van der Waals surface area (Å²) in [4.78, 5) is 18.2. The van der Waals surface area contributed by atoms with Crippen LogP contribution in [0.15, 0.2) is 41.0 Å². The average molecular weight is 366 g/mol. The molecule has 1 aromatic carbocycles. The van der Waals surface area contributed by atoms with Crippen LogP contribution in [0, 0.1) is 5.82 Å². The number of anilines is 1. The summed E-state index contributed by atoms with van der Waals surface area (Å²) in [6, 6.07) is 8.65. The molecular formula is C16H17BrFN3O. The van der Waals surface area contributed by atoms with Crippen molar-refractivity contribution in [2.75, 3.05) is 19.0 Å². The lowest BCUT2D eigenvalue weighted by molar-refractivity contribution is -0.120. The Kier molecular flexibility index (Phi) is 5.49. The van der Waals surface area contributed by atoms with Gasteiger partial charge in [-0.1, -0.05) is 18.2 Å². The number of benzene rings is 1. The predicted molar refractivity (Wildman–Crippen MR) is 88.2 cm³/mol. The molecule has 6 heteroatoms. The van der Waals surface area contributed by atoms with Crippen molar-refractivity contribution in [1.82, 2.24) is 10.3 Å². The van der Waals surface area contributed by atoms with Crippen LogP contribution >= 0.6 is 15.9 Å². The molecular weight excluding hydrogens is 349 g/mol. The Hall–Kier alpha value is -1.95. The summed E-state index contributed by atoms with van der Waals surface area (Å²) in [6.07, 6.45) is 1.71. The summed E-state index contributed by atoms with van der Waals surface area (Å²) in [6.45, 7) is 0.357. The van der Waals surface area contributed by atoms with Gasteiger partial charge in [0, 0.05) is 32.4 Å². The van der Waals surface area contributed by atoms with E-state index in [4.69, 9.17) is 0 Å². The summed E-state index contributed by atoms with van der Waals surface area (Å²) in [5.74, 6) is 0.176. The molecule has 4 nitrogen and oxygen atoms in total. The highest BCUT2D eigenvalue weighted by Gasteiger charge is 2.11. The molecule has 0 aliphatic rings. The molecule has 2 aromatic rings. The third kappa shape index (κ3) is 4.04. The second-order valence-electron chi connectivity index (χ2n) is 5.05. The van der Waals surface area contributed by atoms with Crippen molar-refractivity contribution in [1.29, 1.82) is 0 Å². The number of rotatable bonds is 5. The third-order valence-corrected chi connectivity index (χ3v) is 3.76. The van der Waals surface area contributed by atoms with Crippen LogP contribution in [0.5, 0.6) is 0 Å². The van der Waals surface area contributed by atoms with E-state index in [0.29, 0.717) is 16.6 Å². The Morgan fingerprint density at radius 1 is 1.27 bits per heavy atom. The van der Waals surface area contributed by atoms with Crippen molar-refractivity contribution in [3.8, 4) is 0 Å². The molecule has 116 valence electrons. The number of halogens is 2. The molecule has 0 unspecified atom stereocenters. The molecule has 1 N–H and O–H groups in total. The van der Waals surface area contributed by atoms with Crippen LogP contribution in [-0.4, -0.2) is 25.0 Å². The van der Waals surface area contributed by atoms with Crippen LogP contribution in [0.3, 0.4) is 0 Å². The Bertz CT molecular complexity index is 676. The number of nitrogens with zero attached hydrogens (tertiary/aromatic N) is 2. The topological polar surface area (TPSA) is 45.2 Å². The van der Waals surface area contributed by atoms with Gasteiger partial charge in [0.05, 0.1) is 10.9 Å². The number of nitrogens with one attached hydrogen (secondary N) is 1. The van der Waals surface area contributed by atoms with E-state index >= 15 is 0 Å². The Labute approximate surface area is 137 Å². The summed E-state index contributed by atoms with van der Waals surface area (Å²) in [5, 5.41) is 2.80. The SMILES string of the molecule is CN(C)c1ncccc1CNC(=O)Cc1cccc(Br)c1F. The van der Waals surface area contributed by atoms with Gasteiger partial charge < -0.3 is 10.2 Å². The maximum atomic E-state index is 13.9. The normalized spacial score (nSPS) is 10.4. The lowest BCUT2D eigenvalue weighted by Gasteiger charge is -2.16. The number of amides is 1. The van der Waals surface area contributed by atoms with Gasteiger partial charge in [-0.15, -0.1) is 0 Å². The molecule has 1 aromatic heterocycles. The minimum Gasteiger partial charge on any atom is -0.362 e. The number of pyridine rings is 1. The smallest absolute Gasteiger partial charge is 0.224 e. The van der Waals surface area contributed by atoms with Crippen LogP contribution in [0.2, 0.25) is 0 Å². The highest BCUT2D eigenvalue weighted by atomic mass is 79.9. The molecule has 0 spiro atoms. The van der Waals surface area contributed by atoms with Gasteiger partial charge in [-0.25, -0.2) is 9.37 Å². The Morgan fingerprint density at radius 3 is 2.73 bits per heavy atom. The second kappa shape index (κ2) is 7.35. The first-order valence-corrected chi connectivity index (χ1v) is 7.59. The molecule has 0 fully saturated rings. The van der Waals surface area contributed by atoms with Crippen molar-refractivity contribution in [3.63, 3.8) is 0 Å². The molecule has 0 radical (unpaired) electrons. The van der Waals surface area contributed by atoms with Gasteiger partial charge in [0.2, 0.25) is 5.91 Å². The van der Waals surface area contributed by atoms with Crippen LogP contribution < -0.4 is 10.2 Å². The maximum Gasteiger partial charge on any atom is 0.224 e. The van der Waals surface area contributed by atoms with E-state index in [-0.39, 0.29) is 12.3 Å². The van der Waals surface area contributed by atoms with E-state index in [0.717, 1.165) is 11.4 Å². The zero-order valence-electron chi connectivity index (χ0n) is 12.4. The largest absolute Gasteiger partial charge is 0.362 e. The molecule has 22 heavy (non-hydrogen) atoms. The quantitative estimate of drug-likeness (QED) is 0.885. The Balaban J connectivity index is 2.00. The molecule has 2 rings (SSSR count). The minimum atomic E-state index is -0.395. The van der Waals surface area contributed by atoms with Gasteiger partial charge in [-0.2, -0.15) is 0 Å². The molecule has 0 aliphatic carbocycles. The first-order valence-electron chi connectivity index (χ1n) is 6.80. The number of hydrogen-bond donors (Lipinski definition) is 1. The average Bonchev–Trinajstić information content (AvgIpc) is 2.50. The number of carbonyl (C=O) groups is 1. The van der Waals surface area contributed by atoms with Gasteiger partial charge >= 0.3 is 0 Å². The second-order valence-corrected chi connectivity index (χ2v) is 5.90. The molecule has 0 saturated carbocycles. The standard InChI is InChI=1S/C16H17BrFN3O/c1-21(2)16-12(6-4-8-19-16)10-20-14(22)9-11-5-3-7-13(17)15(11)18/h3-8H,9-10H2,1-2H3,(H,20,22). The van der Waals surface area contributed by atoms with Crippen LogP contribution in [-0.2, 0) is 17.8 Å². The zero-order valence-corrected chi connectivity index (χ0v) is 14.0. The van der Waals surface area contributed by atoms with Crippen molar-refractivity contribution in [2.24, 2.45) is 0 Å². The molecule has 1 heterocycles. The van der Waals surface area contributed by atoms with Crippen molar-refractivity contribution >= 4 is 27.7 Å². The summed E-state index contributed by atoms with van der Waals surface area (Å²) >= 11 is 3.12. The first-order chi connectivity index (χ1) is 10.5. The van der Waals surface area contributed by atoms with E-state index in [1.165, 1.54) is 0 Å². The van der Waals surface area contributed by atoms with E-state index in [1.807, 2.05) is 31.1 Å². The van der Waals surface area contributed by atoms with Crippen LogP contribution in [0.25, 0.3) is 0 Å². The number of aromatic nitrogens is 1. The maximum absolute atomic E-state index is 13.9. The lowest BCUT2D eigenvalue weighted by Crippen LogP contribution is -2.26. The highest BCUT2D eigenvalue weighted by Crippen LogP contribution is 2.19. The van der Waals surface area contributed by atoms with Crippen molar-refractivity contribution < 1.29 is 9.18 Å². The van der Waals surface area contributed by atoms with Gasteiger partial charge in [0.25, 0.3) is 0 Å². The monoisotopic (exact) mass is 365 g/mol. The van der Waals surface area contributed by atoms with Crippen LogP contribution in [0.4, 0.5) is 10.2 Å². The molecule has 0 bridgehead atoms. The van der Waals surface area contributed by atoms with Gasteiger partial charge in [0.1, 0.15) is 11.6 Å². The van der Waals surface area contributed by atoms with E-state index in [9.17, 15) is 9.18 Å². The number of carbonyl (C=O) groups excluding carboxylic acids is 1. The van der Waals surface area contributed by atoms with E-state index in [2.05, 4.69) is 26.2 Å². The fraction of sp³-hybridized carbons (Fsp3) is 0.250. The summed E-state index contributed by atoms with van der Waals surface area (Å²) in [7, 11) is 3.79. The van der Waals surface area contributed by atoms with Crippen LogP contribution in [0.1, 0.15) is 11.1 Å². The number of hydrogen-bond acceptors (Lipinski definition) is 3. The fourth-order valence-electron chi connectivity index (χ4n) is 2.09. The first kappa shape index (κ1) is 16.4. The van der Waals surface area contributed by atoms with E-state index in [1.54, 1.807) is 24.4 Å². The molecule has 0 saturated heterocycles. The fourth-order valence-corrected chi connectivity index (χ4v) is 2.49. The molecule has 0 aliphatic heterocycles. The van der Waals surface area contributed by atoms with Gasteiger partial charge in [-0.3, -0.25) is 4.79 Å². The molecule has 0 atom stereocenters. The van der Waals surface area contributed by atoms with Gasteiger partial charge in [0.15, 0.2) is 0 Å².